The van der Waals surface area contributed by atoms with Gasteiger partial charge in [0.1, 0.15) is 5.52 Å². The average Bonchev–Trinajstić information content (AvgIpc) is 3.38. The lowest BCUT2D eigenvalue weighted by molar-refractivity contribution is 0.254. The van der Waals surface area contributed by atoms with Crippen LogP contribution in [0.4, 0.5) is 22.2 Å². The van der Waals surface area contributed by atoms with Crippen LogP contribution in [0.3, 0.4) is 0 Å². The number of anilines is 3. The number of aromatic nitrogens is 2. The summed E-state index contributed by atoms with van der Waals surface area (Å²) < 4.78 is 5.79. The first-order valence-corrected chi connectivity index (χ1v) is 10.8. The Morgan fingerprint density at radius 1 is 1.06 bits per heavy atom. The number of hydrogen-bond donors (Lipinski definition) is 1. The molecule has 0 saturated carbocycles. The molecule has 0 radical (unpaired) electrons. The zero-order valence-electron chi connectivity index (χ0n) is 18.0. The van der Waals surface area contributed by atoms with E-state index in [9.17, 15) is 4.79 Å². The number of urea groups is 1. The molecule has 1 atom stereocenters. The van der Waals surface area contributed by atoms with Crippen molar-refractivity contribution in [3.05, 3.63) is 66.0 Å². The van der Waals surface area contributed by atoms with Crippen LogP contribution in [0.15, 0.2) is 59.1 Å². The maximum atomic E-state index is 13.4. The van der Waals surface area contributed by atoms with E-state index in [-0.39, 0.29) is 18.1 Å². The van der Waals surface area contributed by atoms with E-state index in [1.165, 1.54) is 0 Å². The van der Waals surface area contributed by atoms with Crippen LogP contribution in [0.2, 0.25) is 0 Å². The van der Waals surface area contributed by atoms with Crippen LogP contribution in [0.1, 0.15) is 17.7 Å². The Kier molecular flexibility index (Phi) is 4.18. The standard InChI is InChI=1S/C25H23N5O2/c1-15-3-7-20-23(11-15)32-24(27-20)28-25(31)30-19-9-10-29(14-19)21-8-6-17(12-22(21)30)18-5-4-16(2)26-13-18/h3-8,11-13,19H,9-10,14H2,1-2H3,(H,27,28,31)/t19-/m0/s1. The van der Waals surface area contributed by atoms with Gasteiger partial charge in [-0.1, -0.05) is 18.2 Å². The molecule has 32 heavy (non-hydrogen) atoms. The summed E-state index contributed by atoms with van der Waals surface area (Å²) in [5.41, 5.74) is 7.50. The van der Waals surface area contributed by atoms with Crippen molar-refractivity contribution in [3.8, 4) is 11.1 Å². The second kappa shape index (κ2) is 7.09. The number of carbonyl (C=O) groups excluding carboxylic acids is 1. The van der Waals surface area contributed by atoms with E-state index in [1.807, 2.05) is 49.2 Å². The van der Waals surface area contributed by atoms with Gasteiger partial charge in [-0.05, 0) is 61.7 Å². The van der Waals surface area contributed by atoms with Crippen molar-refractivity contribution in [2.75, 3.05) is 28.2 Å². The molecule has 6 rings (SSSR count). The van der Waals surface area contributed by atoms with Gasteiger partial charge in [-0.2, -0.15) is 4.98 Å². The molecule has 160 valence electrons. The SMILES string of the molecule is Cc1ccc2nc(NC(=O)N3c4cc(-c5ccc(C)nc5)ccc4N4CC[C@H]3C4)oc2c1. The number of fused-ring (bicyclic) bond motifs is 5. The summed E-state index contributed by atoms with van der Waals surface area (Å²) in [4.78, 5) is 26.5. The van der Waals surface area contributed by atoms with Gasteiger partial charge in [0.25, 0.3) is 0 Å². The molecule has 2 aliphatic rings. The van der Waals surface area contributed by atoms with E-state index in [2.05, 4.69) is 44.5 Å². The van der Waals surface area contributed by atoms with Gasteiger partial charge in [0.15, 0.2) is 5.58 Å². The molecule has 2 aromatic heterocycles. The molecule has 7 nitrogen and oxygen atoms in total. The van der Waals surface area contributed by atoms with E-state index in [1.54, 1.807) is 0 Å². The topological polar surface area (TPSA) is 74.5 Å². The molecule has 1 N–H and O–H groups in total. The number of carbonyl (C=O) groups is 1. The number of aryl methyl sites for hydroxylation is 2. The van der Waals surface area contributed by atoms with Crippen LogP contribution in [0, 0.1) is 13.8 Å². The minimum Gasteiger partial charge on any atom is -0.423 e. The molecule has 2 bridgehead atoms. The van der Waals surface area contributed by atoms with Gasteiger partial charge in [-0.3, -0.25) is 15.2 Å². The average molecular weight is 425 g/mol. The smallest absolute Gasteiger partial charge is 0.330 e. The van der Waals surface area contributed by atoms with E-state index in [4.69, 9.17) is 4.42 Å². The largest absolute Gasteiger partial charge is 0.423 e. The molecule has 4 heterocycles. The molecule has 7 heteroatoms. The number of oxazole rings is 1. The number of amides is 2. The molecular weight excluding hydrogens is 402 g/mol. The summed E-state index contributed by atoms with van der Waals surface area (Å²) in [6.45, 7) is 5.74. The normalized spacial score (nSPS) is 17.0. The van der Waals surface area contributed by atoms with E-state index in [0.29, 0.717) is 5.58 Å². The van der Waals surface area contributed by atoms with Crippen molar-refractivity contribution in [2.45, 2.75) is 26.3 Å². The third-order valence-electron chi connectivity index (χ3n) is 6.33. The van der Waals surface area contributed by atoms with Gasteiger partial charge in [0.05, 0.1) is 17.4 Å². The predicted molar refractivity (Wildman–Crippen MR) is 125 cm³/mol. The van der Waals surface area contributed by atoms with Gasteiger partial charge in [-0.25, -0.2) is 4.79 Å². The Balaban J connectivity index is 1.36. The lowest BCUT2D eigenvalue weighted by Gasteiger charge is -2.36. The summed E-state index contributed by atoms with van der Waals surface area (Å²) in [6, 6.07) is 16.3. The van der Waals surface area contributed by atoms with Gasteiger partial charge in [-0.15, -0.1) is 0 Å². The molecule has 0 aliphatic carbocycles. The minimum atomic E-state index is -0.222. The van der Waals surface area contributed by atoms with Crippen molar-refractivity contribution in [2.24, 2.45) is 0 Å². The lowest BCUT2D eigenvalue weighted by atomic mass is 10.0. The maximum absolute atomic E-state index is 13.4. The number of nitrogens with zero attached hydrogens (tertiary/aromatic N) is 4. The van der Waals surface area contributed by atoms with Crippen LogP contribution >= 0.6 is 0 Å². The maximum Gasteiger partial charge on any atom is 0.330 e. The zero-order valence-corrected chi connectivity index (χ0v) is 18.0. The Hall–Kier alpha value is -3.87. The molecule has 2 aliphatic heterocycles. The van der Waals surface area contributed by atoms with Crippen LogP contribution in [-0.2, 0) is 0 Å². The van der Waals surface area contributed by atoms with E-state index < -0.39 is 0 Å². The van der Waals surface area contributed by atoms with Crippen LogP contribution in [0.5, 0.6) is 0 Å². The summed E-state index contributed by atoms with van der Waals surface area (Å²) in [6.07, 6.45) is 2.80. The van der Waals surface area contributed by atoms with Crippen molar-refractivity contribution < 1.29 is 9.21 Å². The Bertz CT molecular complexity index is 1340. The zero-order chi connectivity index (χ0) is 21.8. The van der Waals surface area contributed by atoms with Gasteiger partial charge in [0, 0.05) is 30.5 Å². The third-order valence-corrected chi connectivity index (χ3v) is 6.33. The monoisotopic (exact) mass is 425 g/mol. The second-order valence-corrected chi connectivity index (χ2v) is 8.57. The van der Waals surface area contributed by atoms with Crippen molar-refractivity contribution in [1.29, 1.82) is 0 Å². The first kappa shape index (κ1) is 18.9. The molecule has 0 spiro atoms. The molecule has 2 amide bonds. The number of benzene rings is 2. The highest BCUT2D eigenvalue weighted by atomic mass is 16.4. The third kappa shape index (κ3) is 3.09. The van der Waals surface area contributed by atoms with Gasteiger partial charge < -0.3 is 9.32 Å². The quantitative estimate of drug-likeness (QED) is 0.481. The van der Waals surface area contributed by atoms with E-state index >= 15 is 0 Å². The first-order valence-electron chi connectivity index (χ1n) is 10.8. The highest BCUT2D eigenvalue weighted by Crippen LogP contribution is 2.42. The second-order valence-electron chi connectivity index (χ2n) is 8.57. The summed E-state index contributed by atoms with van der Waals surface area (Å²) in [5, 5.41) is 2.89. The highest BCUT2D eigenvalue weighted by molar-refractivity contribution is 6.05. The summed E-state index contributed by atoms with van der Waals surface area (Å²) >= 11 is 0. The minimum absolute atomic E-state index is 0.112. The molecule has 4 aromatic rings. The van der Waals surface area contributed by atoms with Crippen molar-refractivity contribution in [3.63, 3.8) is 0 Å². The van der Waals surface area contributed by atoms with Crippen LogP contribution in [0.25, 0.3) is 22.2 Å². The number of hydrogen-bond acceptors (Lipinski definition) is 5. The highest BCUT2D eigenvalue weighted by Gasteiger charge is 2.39. The summed E-state index contributed by atoms with van der Waals surface area (Å²) in [5.74, 6) is 0. The Morgan fingerprint density at radius 2 is 1.94 bits per heavy atom. The van der Waals surface area contributed by atoms with Crippen LogP contribution in [-0.4, -0.2) is 35.1 Å². The van der Waals surface area contributed by atoms with Crippen molar-refractivity contribution in [1.82, 2.24) is 9.97 Å². The number of rotatable bonds is 2. The van der Waals surface area contributed by atoms with Gasteiger partial charge in [0.2, 0.25) is 0 Å². The predicted octanol–water partition coefficient (Wildman–Crippen LogP) is 5.14. The molecule has 1 fully saturated rings. The first-order chi connectivity index (χ1) is 15.5. The Labute approximate surface area is 185 Å². The summed E-state index contributed by atoms with van der Waals surface area (Å²) in [7, 11) is 0. The fourth-order valence-electron chi connectivity index (χ4n) is 4.68. The fraction of sp³-hybridized carbons (Fsp3) is 0.240. The molecular formula is C25H23N5O2. The van der Waals surface area contributed by atoms with E-state index in [0.717, 1.165) is 58.8 Å². The van der Waals surface area contributed by atoms with Crippen molar-refractivity contribution >= 4 is 34.5 Å². The number of pyridine rings is 1. The molecule has 0 unspecified atom stereocenters. The molecule has 1 saturated heterocycles. The lowest BCUT2D eigenvalue weighted by Crippen LogP contribution is -2.47. The van der Waals surface area contributed by atoms with Crippen LogP contribution < -0.4 is 15.1 Å². The Morgan fingerprint density at radius 3 is 2.78 bits per heavy atom. The molecule has 2 aromatic carbocycles. The fourth-order valence-corrected chi connectivity index (χ4v) is 4.68. The number of nitrogens with one attached hydrogen (secondary N) is 1. The van der Waals surface area contributed by atoms with Gasteiger partial charge >= 0.3 is 12.0 Å².